The number of imide groups is 1. The number of carbonyl (C=O) groups excluding carboxylic acids is 2. The summed E-state index contributed by atoms with van der Waals surface area (Å²) in [6.45, 7) is 3.89. The molecule has 1 aromatic heterocycles. The zero-order chi connectivity index (χ0) is 19.6. The Balaban J connectivity index is 2.14. The Morgan fingerprint density at radius 3 is 2.63 bits per heavy atom. The van der Waals surface area contributed by atoms with E-state index in [9.17, 15) is 14.4 Å². The fraction of sp³-hybridized carbons (Fsp3) is 0.158. The number of fused-ring (bicyclic) bond motifs is 1. The fourth-order valence-corrected chi connectivity index (χ4v) is 3.59. The van der Waals surface area contributed by atoms with Gasteiger partial charge in [0.1, 0.15) is 0 Å². The molecule has 2 aromatic carbocycles. The van der Waals surface area contributed by atoms with Gasteiger partial charge in [0, 0.05) is 0 Å². The lowest BCUT2D eigenvalue weighted by atomic mass is 10.1. The van der Waals surface area contributed by atoms with Gasteiger partial charge in [0.25, 0.3) is 5.56 Å². The van der Waals surface area contributed by atoms with Crippen molar-refractivity contribution in [3.63, 3.8) is 0 Å². The summed E-state index contributed by atoms with van der Waals surface area (Å²) in [6, 6.07) is 11.9. The minimum Gasteiger partial charge on any atom is -0.351 e. The molecular formula is C19H18N4O3S. The van der Waals surface area contributed by atoms with Crippen LogP contribution in [0, 0.1) is 13.8 Å². The lowest BCUT2D eigenvalue weighted by Crippen LogP contribution is -2.36. The topological polar surface area (TPSA) is 107 Å². The van der Waals surface area contributed by atoms with Crippen molar-refractivity contribution in [2.75, 3.05) is 5.75 Å². The highest BCUT2D eigenvalue weighted by Gasteiger charge is 2.16. The Kier molecular flexibility index (Phi) is 5.27. The first-order valence-electron chi connectivity index (χ1n) is 8.18. The highest BCUT2D eigenvalue weighted by Crippen LogP contribution is 2.23. The van der Waals surface area contributed by atoms with Crippen LogP contribution in [-0.2, 0) is 4.79 Å². The van der Waals surface area contributed by atoms with Crippen LogP contribution < -0.4 is 16.6 Å². The number of thioether (sulfide) groups is 1. The first-order chi connectivity index (χ1) is 12.9. The molecule has 138 valence electrons. The van der Waals surface area contributed by atoms with Crippen LogP contribution in [0.2, 0.25) is 0 Å². The SMILES string of the molecule is Cc1ccc(-n2c(SCC(=O)NC(N)=O)nc3ccccc3c2=O)c(C)c1. The van der Waals surface area contributed by atoms with Gasteiger partial charge in [0.05, 0.1) is 22.3 Å². The number of nitrogens with one attached hydrogen (secondary N) is 1. The molecule has 0 atom stereocenters. The maximum absolute atomic E-state index is 13.1. The summed E-state index contributed by atoms with van der Waals surface area (Å²) >= 11 is 1.07. The Hall–Kier alpha value is -3.13. The molecule has 7 nitrogen and oxygen atoms in total. The number of primary amides is 1. The number of nitrogens with two attached hydrogens (primary N) is 1. The maximum atomic E-state index is 13.1. The second-order valence-corrected chi connectivity index (χ2v) is 6.99. The Labute approximate surface area is 159 Å². The Morgan fingerprint density at radius 1 is 1.19 bits per heavy atom. The quantitative estimate of drug-likeness (QED) is 0.532. The van der Waals surface area contributed by atoms with Crippen molar-refractivity contribution in [2.45, 2.75) is 19.0 Å². The number of para-hydroxylation sites is 1. The zero-order valence-corrected chi connectivity index (χ0v) is 15.7. The second kappa shape index (κ2) is 7.63. The molecule has 0 unspecified atom stereocenters. The predicted octanol–water partition coefficient (Wildman–Crippen LogP) is 2.29. The number of hydrogen-bond acceptors (Lipinski definition) is 5. The van der Waals surface area contributed by atoms with Gasteiger partial charge in [-0.2, -0.15) is 0 Å². The molecule has 1 heterocycles. The third kappa shape index (κ3) is 4.01. The lowest BCUT2D eigenvalue weighted by Gasteiger charge is -2.15. The standard InChI is InChI=1S/C19H18N4O3S/c1-11-7-8-15(12(2)9-11)23-17(25)13-5-3-4-6-14(13)21-19(23)27-10-16(24)22-18(20)26/h3-9H,10H2,1-2H3,(H3,20,22,24,26). The molecule has 0 saturated carbocycles. The van der Waals surface area contributed by atoms with Gasteiger partial charge in [-0.3, -0.25) is 19.5 Å². The number of benzene rings is 2. The molecule has 3 aromatic rings. The monoisotopic (exact) mass is 382 g/mol. The van der Waals surface area contributed by atoms with Crippen LogP contribution in [0.15, 0.2) is 52.4 Å². The van der Waals surface area contributed by atoms with Gasteiger partial charge in [-0.15, -0.1) is 0 Å². The van der Waals surface area contributed by atoms with E-state index in [0.29, 0.717) is 21.7 Å². The number of amides is 3. The van der Waals surface area contributed by atoms with Crippen molar-refractivity contribution < 1.29 is 9.59 Å². The molecule has 0 radical (unpaired) electrons. The van der Waals surface area contributed by atoms with Gasteiger partial charge in [-0.25, -0.2) is 9.78 Å². The van der Waals surface area contributed by atoms with Crippen LogP contribution in [0.5, 0.6) is 0 Å². The van der Waals surface area contributed by atoms with Gasteiger partial charge in [0.15, 0.2) is 5.16 Å². The minimum absolute atomic E-state index is 0.0986. The summed E-state index contributed by atoms with van der Waals surface area (Å²) in [5, 5.41) is 2.86. The van der Waals surface area contributed by atoms with E-state index in [1.165, 1.54) is 4.57 Å². The van der Waals surface area contributed by atoms with Crippen LogP contribution in [0.3, 0.4) is 0 Å². The molecule has 0 aliphatic heterocycles. The molecule has 27 heavy (non-hydrogen) atoms. The molecule has 0 bridgehead atoms. The maximum Gasteiger partial charge on any atom is 0.318 e. The van der Waals surface area contributed by atoms with E-state index in [1.807, 2.05) is 37.4 Å². The molecule has 3 N–H and O–H groups in total. The smallest absolute Gasteiger partial charge is 0.318 e. The van der Waals surface area contributed by atoms with Crippen LogP contribution in [0.25, 0.3) is 16.6 Å². The molecule has 0 fully saturated rings. The van der Waals surface area contributed by atoms with E-state index in [4.69, 9.17) is 5.73 Å². The third-order valence-electron chi connectivity index (χ3n) is 3.93. The van der Waals surface area contributed by atoms with Gasteiger partial charge in [-0.05, 0) is 37.6 Å². The summed E-state index contributed by atoms with van der Waals surface area (Å²) in [5.74, 6) is -0.652. The minimum atomic E-state index is -0.918. The number of nitrogens with zero attached hydrogens (tertiary/aromatic N) is 2. The van der Waals surface area contributed by atoms with Gasteiger partial charge < -0.3 is 5.73 Å². The molecule has 3 amide bonds. The number of aryl methyl sites for hydroxylation is 2. The molecule has 0 aliphatic carbocycles. The Bertz CT molecular complexity index is 1110. The number of hydrogen-bond donors (Lipinski definition) is 2. The fourth-order valence-electron chi connectivity index (χ4n) is 2.78. The summed E-state index contributed by atoms with van der Waals surface area (Å²) in [5.41, 5.74) is 7.98. The number of carbonyl (C=O) groups is 2. The first kappa shape index (κ1) is 18.7. The number of rotatable bonds is 4. The number of aromatic nitrogens is 2. The predicted molar refractivity (Wildman–Crippen MR) is 105 cm³/mol. The summed E-state index contributed by atoms with van der Waals surface area (Å²) in [4.78, 5) is 40.3. The van der Waals surface area contributed by atoms with Crippen LogP contribution in [-0.4, -0.2) is 27.2 Å². The van der Waals surface area contributed by atoms with E-state index >= 15 is 0 Å². The number of urea groups is 1. The van der Waals surface area contributed by atoms with Crippen molar-refractivity contribution in [1.29, 1.82) is 0 Å². The van der Waals surface area contributed by atoms with Gasteiger partial charge >= 0.3 is 6.03 Å². The first-order valence-corrected chi connectivity index (χ1v) is 9.17. The second-order valence-electron chi connectivity index (χ2n) is 6.04. The molecule has 0 spiro atoms. The average Bonchev–Trinajstić information content (AvgIpc) is 2.60. The van der Waals surface area contributed by atoms with Crippen LogP contribution in [0.1, 0.15) is 11.1 Å². The molecular weight excluding hydrogens is 364 g/mol. The largest absolute Gasteiger partial charge is 0.351 e. The summed E-state index contributed by atoms with van der Waals surface area (Å²) in [7, 11) is 0. The van der Waals surface area contributed by atoms with Gasteiger partial charge in [0.2, 0.25) is 5.91 Å². The highest BCUT2D eigenvalue weighted by atomic mass is 32.2. The van der Waals surface area contributed by atoms with Crippen LogP contribution >= 0.6 is 11.8 Å². The van der Waals surface area contributed by atoms with Crippen molar-refractivity contribution in [2.24, 2.45) is 5.73 Å². The van der Waals surface area contributed by atoms with E-state index in [-0.39, 0.29) is 11.3 Å². The van der Waals surface area contributed by atoms with Crippen molar-refractivity contribution >= 4 is 34.6 Å². The normalized spacial score (nSPS) is 10.7. The van der Waals surface area contributed by atoms with E-state index in [1.54, 1.807) is 24.3 Å². The van der Waals surface area contributed by atoms with Crippen molar-refractivity contribution in [3.05, 3.63) is 63.9 Å². The highest BCUT2D eigenvalue weighted by molar-refractivity contribution is 7.99. The Morgan fingerprint density at radius 2 is 1.93 bits per heavy atom. The van der Waals surface area contributed by atoms with Crippen molar-refractivity contribution in [3.8, 4) is 5.69 Å². The van der Waals surface area contributed by atoms with Crippen molar-refractivity contribution in [1.82, 2.24) is 14.9 Å². The zero-order valence-electron chi connectivity index (χ0n) is 14.9. The summed E-state index contributed by atoms with van der Waals surface area (Å²) < 4.78 is 1.50. The molecule has 0 aliphatic rings. The van der Waals surface area contributed by atoms with Gasteiger partial charge in [-0.1, -0.05) is 41.6 Å². The lowest BCUT2D eigenvalue weighted by molar-refractivity contribution is -0.117. The average molecular weight is 382 g/mol. The van der Waals surface area contributed by atoms with E-state index < -0.39 is 11.9 Å². The molecule has 8 heteroatoms. The van der Waals surface area contributed by atoms with Crippen LogP contribution in [0.4, 0.5) is 4.79 Å². The van der Waals surface area contributed by atoms with E-state index in [0.717, 1.165) is 22.9 Å². The van der Waals surface area contributed by atoms with E-state index in [2.05, 4.69) is 4.98 Å². The third-order valence-corrected chi connectivity index (χ3v) is 4.87. The molecule has 3 rings (SSSR count). The molecule has 0 saturated heterocycles. The summed E-state index contributed by atoms with van der Waals surface area (Å²) in [6.07, 6.45) is 0.